The molecule has 1 fully saturated rings. The largest absolute Gasteiger partial charge is 0.422 e. The van der Waals surface area contributed by atoms with Gasteiger partial charge in [0.25, 0.3) is 0 Å². The van der Waals surface area contributed by atoms with Crippen molar-refractivity contribution >= 4 is 22.2 Å². The highest BCUT2D eigenvalue weighted by Crippen LogP contribution is 2.28. The molecule has 0 bridgehead atoms. The van der Waals surface area contributed by atoms with Gasteiger partial charge in [-0.2, -0.15) is 0 Å². The van der Waals surface area contributed by atoms with Crippen LogP contribution in [0.5, 0.6) is 0 Å². The van der Waals surface area contributed by atoms with Gasteiger partial charge in [-0.25, -0.2) is 4.79 Å². The number of dihydropyridines is 1. The maximum absolute atomic E-state index is 13.1. The number of piperazine rings is 1. The minimum Gasteiger partial charge on any atom is -0.422 e. The minimum atomic E-state index is -0.304. The fourth-order valence-corrected chi connectivity index (χ4v) is 4.31. The average molecular weight is 432 g/mol. The van der Waals surface area contributed by atoms with E-state index in [1.54, 1.807) is 0 Å². The van der Waals surface area contributed by atoms with Crippen molar-refractivity contribution < 1.29 is 4.42 Å². The molecule has 0 spiro atoms. The number of rotatable bonds is 4. The van der Waals surface area contributed by atoms with Crippen molar-refractivity contribution in [2.45, 2.75) is 46.6 Å². The Bertz CT molecular complexity index is 1210. The quantitative estimate of drug-likeness (QED) is 0.659. The van der Waals surface area contributed by atoms with Gasteiger partial charge in [-0.1, -0.05) is 12.5 Å². The SMILES string of the molecule is CC/C(C)=C(/C=C1/C=C(C)C=CN1)c1cc2ccc(N3CCNC(C)(C)C3)cc2oc1=O. The zero-order chi connectivity index (χ0) is 22.9. The molecular weight excluding hydrogens is 398 g/mol. The summed E-state index contributed by atoms with van der Waals surface area (Å²) in [5.74, 6) is 0. The maximum atomic E-state index is 13.1. The van der Waals surface area contributed by atoms with Crippen LogP contribution in [0, 0.1) is 0 Å². The summed E-state index contributed by atoms with van der Waals surface area (Å²) in [6.45, 7) is 13.4. The summed E-state index contributed by atoms with van der Waals surface area (Å²) in [7, 11) is 0. The number of anilines is 1. The van der Waals surface area contributed by atoms with E-state index in [9.17, 15) is 4.79 Å². The zero-order valence-corrected chi connectivity index (χ0v) is 19.7. The standard InChI is InChI=1S/C27H33N3O2/c1-6-19(3)23(15-21-13-18(2)9-10-28-21)24-14-20-7-8-22(16-25(20)32-26(24)31)30-12-11-29-27(4,5)17-30/h7-10,13-16,28-29H,6,11-12,17H2,1-5H3/b21-15-,23-19-. The monoisotopic (exact) mass is 431 g/mol. The van der Waals surface area contributed by atoms with E-state index in [0.29, 0.717) is 11.1 Å². The van der Waals surface area contributed by atoms with Crippen LogP contribution in [-0.4, -0.2) is 25.2 Å². The smallest absolute Gasteiger partial charge is 0.344 e. The van der Waals surface area contributed by atoms with Crippen molar-refractivity contribution in [1.82, 2.24) is 10.6 Å². The van der Waals surface area contributed by atoms with Gasteiger partial charge in [0.1, 0.15) is 5.58 Å². The van der Waals surface area contributed by atoms with Gasteiger partial charge in [-0.3, -0.25) is 0 Å². The molecule has 168 valence electrons. The van der Waals surface area contributed by atoms with Gasteiger partial charge in [0.15, 0.2) is 0 Å². The van der Waals surface area contributed by atoms with Crippen LogP contribution in [0.25, 0.3) is 16.5 Å². The molecule has 1 saturated heterocycles. The van der Waals surface area contributed by atoms with Crippen molar-refractivity contribution in [3.63, 3.8) is 0 Å². The molecule has 2 aliphatic rings. The first kappa shape index (κ1) is 22.2. The van der Waals surface area contributed by atoms with Crippen LogP contribution in [-0.2, 0) is 0 Å². The molecule has 0 amide bonds. The highest BCUT2D eigenvalue weighted by atomic mass is 16.4. The lowest BCUT2D eigenvalue weighted by Gasteiger charge is -2.40. The predicted molar refractivity (Wildman–Crippen MR) is 134 cm³/mol. The van der Waals surface area contributed by atoms with Crippen molar-refractivity contribution in [1.29, 1.82) is 0 Å². The third-order valence-corrected chi connectivity index (χ3v) is 6.22. The van der Waals surface area contributed by atoms with Gasteiger partial charge in [-0.15, -0.1) is 0 Å². The van der Waals surface area contributed by atoms with E-state index in [1.807, 2.05) is 30.5 Å². The van der Waals surface area contributed by atoms with Crippen molar-refractivity contribution in [3.05, 3.63) is 81.5 Å². The summed E-state index contributed by atoms with van der Waals surface area (Å²) < 4.78 is 5.85. The molecule has 0 radical (unpaired) electrons. The summed E-state index contributed by atoms with van der Waals surface area (Å²) >= 11 is 0. The number of allylic oxidation sites excluding steroid dienone is 6. The van der Waals surface area contributed by atoms with Crippen LogP contribution in [0.2, 0.25) is 0 Å². The second-order valence-corrected chi connectivity index (χ2v) is 9.42. The molecule has 3 heterocycles. The Morgan fingerprint density at radius 3 is 2.81 bits per heavy atom. The molecule has 0 aliphatic carbocycles. The fraction of sp³-hybridized carbons (Fsp3) is 0.370. The van der Waals surface area contributed by atoms with Gasteiger partial charge in [0.2, 0.25) is 0 Å². The highest BCUT2D eigenvalue weighted by molar-refractivity contribution is 5.86. The van der Waals surface area contributed by atoms with E-state index in [-0.39, 0.29) is 11.2 Å². The van der Waals surface area contributed by atoms with E-state index >= 15 is 0 Å². The van der Waals surface area contributed by atoms with Crippen LogP contribution >= 0.6 is 0 Å². The Morgan fingerprint density at radius 2 is 2.09 bits per heavy atom. The van der Waals surface area contributed by atoms with Crippen molar-refractivity contribution in [2.24, 2.45) is 0 Å². The first-order chi connectivity index (χ1) is 15.3. The third kappa shape index (κ3) is 4.73. The van der Waals surface area contributed by atoms with Gasteiger partial charge in [0, 0.05) is 54.2 Å². The van der Waals surface area contributed by atoms with Crippen LogP contribution in [0.4, 0.5) is 5.69 Å². The second kappa shape index (κ2) is 8.83. The number of nitrogens with zero attached hydrogens (tertiary/aromatic N) is 1. The fourth-order valence-electron chi connectivity index (χ4n) is 4.31. The molecule has 1 aromatic carbocycles. The van der Waals surface area contributed by atoms with Crippen LogP contribution in [0.3, 0.4) is 0 Å². The normalized spacial score (nSPS) is 20.2. The molecule has 5 heteroatoms. The number of nitrogens with one attached hydrogen (secondary N) is 2. The highest BCUT2D eigenvalue weighted by Gasteiger charge is 2.26. The number of fused-ring (bicyclic) bond motifs is 1. The zero-order valence-electron chi connectivity index (χ0n) is 19.7. The van der Waals surface area contributed by atoms with Crippen LogP contribution < -0.4 is 21.2 Å². The van der Waals surface area contributed by atoms with Crippen LogP contribution in [0.1, 0.15) is 46.6 Å². The van der Waals surface area contributed by atoms with E-state index in [1.165, 1.54) is 0 Å². The Balaban J connectivity index is 1.74. The summed E-state index contributed by atoms with van der Waals surface area (Å²) in [4.78, 5) is 15.4. The van der Waals surface area contributed by atoms with Crippen molar-refractivity contribution in [3.8, 4) is 0 Å². The lowest BCUT2D eigenvalue weighted by molar-refractivity contribution is 0.353. The summed E-state index contributed by atoms with van der Waals surface area (Å²) in [5, 5.41) is 7.73. The molecule has 2 aliphatic heterocycles. The number of hydrogen-bond donors (Lipinski definition) is 2. The number of benzene rings is 1. The summed E-state index contributed by atoms with van der Waals surface area (Å²) in [6.07, 6.45) is 8.91. The molecule has 1 aromatic heterocycles. The Hall–Kier alpha value is -3.05. The first-order valence-electron chi connectivity index (χ1n) is 11.4. The van der Waals surface area contributed by atoms with E-state index in [0.717, 1.165) is 59.5 Å². The lowest BCUT2D eigenvalue weighted by atomic mass is 9.97. The van der Waals surface area contributed by atoms with Gasteiger partial charge in [-0.05, 0) is 81.7 Å². The molecule has 0 unspecified atom stereocenters. The molecule has 5 nitrogen and oxygen atoms in total. The van der Waals surface area contributed by atoms with Crippen LogP contribution in [0.15, 0.2) is 74.7 Å². The van der Waals surface area contributed by atoms with E-state index in [4.69, 9.17) is 4.42 Å². The Kier molecular flexibility index (Phi) is 6.11. The molecule has 2 aromatic rings. The maximum Gasteiger partial charge on any atom is 0.344 e. The predicted octanol–water partition coefficient (Wildman–Crippen LogP) is 5.11. The first-order valence-corrected chi connectivity index (χ1v) is 11.4. The molecule has 32 heavy (non-hydrogen) atoms. The van der Waals surface area contributed by atoms with Gasteiger partial charge in [0.05, 0.1) is 5.56 Å². The molecule has 2 N–H and O–H groups in total. The van der Waals surface area contributed by atoms with E-state index < -0.39 is 0 Å². The summed E-state index contributed by atoms with van der Waals surface area (Å²) in [6, 6.07) is 8.15. The molecular formula is C27H33N3O2. The lowest BCUT2D eigenvalue weighted by Crippen LogP contribution is -2.57. The summed E-state index contributed by atoms with van der Waals surface area (Å²) in [5.41, 5.74) is 6.25. The topological polar surface area (TPSA) is 57.5 Å². The third-order valence-electron chi connectivity index (χ3n) is 6.22. The molecule has 4 rings (SSSR count). The second-order valence-electron chi connectivity index (χ2n) is 9.42. The Labute approximate surface area is 190 Å². The van der Waals surface area contributed by atoms with Gasteiger partial charge < -0.3 is 20.0 Å². The average Bonchev–Trinajstić information content (AvgIpc) is 2.75. The van der Waals surface area contributed by atoms with E-state index in [2.05, 4.69) is 68.4 Å². The molecule has 0 saturated carbocycles. The van der Waals surface area contributed by atoms with Crippen molar-refractivity contribution in [2.75, 3.05) is 24.5 Å². The Morgan fingerprint density at radius 1 is 1.28 bits per heavy atom. The molecule has 0 atom stereocenters. The number of hydrogen-bond acceptors (Lipinski definition) is 5. The van der Waals surface area contributed by atoms with Gasteiger partial charge >= 0.3 is 5.63 Å². The minimum absolute atomic E-state index is 0.0535.